The fourth-order valence-corrected chi connectivity index (χ4v) is 3.48. The van der Waals surface area contributed by atoms with Crippen molar-refractivity contribution in [1.29, 1.82) is 0 Å². The maximum Gasteiger partial charge on any atom is 0.277 e. The van der Waals surface area contributed by atoms with Gasteiger partial charge in [-0.25, -0.2) is 5.43 Å². The summed E-state index contributed by atoms with van der Waals surface area (Å²) in [5.41, 5.74) is 6.30. The summed E-state index contributed by atoms with van der Waals surface area (Å²) in [6.07, 6.45) is 1.53. The topological polar surface area (TPSA) is 69.2 Å². The summed E-state index contributed by atoms with van der Waals surface area (Å²) in [6.45, 7) is 4.20. The Balaban J connectivity index is 1.58. The van der Waals surface area contributed by atoms with Gasteiger partial charge in [-0.1, -0.05) is 42.5 Å². The quantitative estimate of drug-likeness (QED) is 0.327. The number of nitrogens with one attached hydrogen (secondary N) is 1. The first-order valence-electron chi connectivity index (χ1n) is 10.0. The molecule has 1 amide bonds. The first kappa shape index (κ1) is 23.3. The zero-order valence-corrected chi connectivity index (χ0v) is 19.8. The van der Waals surface area contributed by atoms with Crippen LogP contribution in [-0.2, 0) is 11.4 Å². The number of hydrogen-bond acceptors (Lipinski definition) is 5. The van der Waals surface area contributed by atoms with Crippen molar-refractivity contribution in [3.05, 3.63) is 87.4 Å². The third-order valence-electron chi connectivity index (χ3n) is 4.58. The van der Waals surface area contributed by atoms with E-state index in [0.29, 0.717) is 23.9 Å². The lowest BCUT2D eigenvalue weighted by Gasteiger charge is -2.13. The summed E-state index contributed by atoms with van der Waals surface area (Å²) < 4.78 is 17.7. The fourth-order valence-electron chi connectivity index (χ4n) is 2.90. The molecule has 0 aliphatic rings. The molecule has 0 saturated carbocycles. The van der Waals surface area contributed by atoms with Gasteiger partial charge in [0.05, 0.1) is 17.8 Å². The molecule has 6 nitrogen and oxygen atoms in total. The van der Waals surface area contributed by atoms with E-state index in [2.05, 4.69) is 26.5 Å². The van der Waals surface area contributed by atoms with E-state index in [1.54, 1.807) is 13.2 Å². The molecular formula is C25H25BrN2O4. The summed E-state index contributed by atoms with van der Waals surface area (Å²) in [5, 5.41) is 4.01. The van der Waals surface area contributed by atoms with Crippen LogP contribution in [0, 0.1) is 13.8 Å². The molecule has 0 radical (unpaired) electrons. The molecule has 0 saturated heterocycles. The number of benzene rings is 3. The van der Waals surface area contributed by atoms with Crippen LogP contribution in [0.3, 0.4) is 0 Å². The van der Waals surface area contributed by atoms with Crippen molar-refractivity contribution in [1.82, 2.24) is 5.43 Å². The van der Waals surface area contributed by atoms with Gasteiger partial charge in [0.15, 0.2) is 18.1 Å². The summed E-state index contributed by atoms with van der Waals surface area (Å²) in [7, 11) is 1.57. The average molecular weight is 497 g/mol. The van der Waals surface area contributed by atoms with Gasteiger partial charge in [0.25, 0.3) is 5.91 Å². The number of ether oxygens (including phenoxy) is 3. The second kappa shape index (κ2) is 11.3. The van der Waals surface area contributed by atoms with E-state index in [0.717, 1.165) is 26.7 Å². The maximum absolute atomic E-state index is 12.1. The Hall–Kier alpha value is -3.32. The van der Waals surface area contributed by atoms with E-state index >= 15 is 0 Å². The van der Waals surface area contributed by atoms with E-state index in [9.17, 15) is 4.79 Å². The summed E-state index contributed by atoms with van der Waals surface area (Å²) in [6, 6.07) is 19.4. The van der Waals surface area contributed by atoms with Gasteiger partial charge in [-0.05, 0) is 70.2 Å². The number of carbonyl (C=O) groups excluding carboxylic acids is 1. The Morgan fingerprint density at radius 2 is 1.81 bits per heavy atom. The zero-order chi connectivity index (χ0) is 22.9. The van der Waals surface area contributed by atoms with Gasteiger partial charge < -0.3 is 14.2 Å². The third-order valence-corrected chi connectivity index (χ3v) is 5.17. The minimum atomic E-state index is -0.351. The molecule has 0 heterocycles. The van der Waals surface area contributed by atoms with E-state index in [4.69, 9.17) is 14.2 Å². The lowest BCUT2D eigenvalue weighted by atomic mass is 10.1. The smallest absolute Gasteiger partial charge is 0.277 e. The predicted octanol–water partition coefficient (Wildman–Crippen LogP) is 5.18. The molecule has 0 spiro atoms. The second-order valence-electron chi connectivity index (χ2n) is 7.16. The Morgan fingerprint density at radius 1 is 1.03 bits per heavy atom. The van der Waals surface area contributed by atoms with Gasteiger partial charge in [0.1, 0.15) is 12.4 Å². The Morgan fingerprint density at radius 3 is 2.56 bits per heavy atom. The van der Waals surface area contributed by atoms with E-state index in [1.807, 2.05) is 68.4 Å². The van der Waals surface area contributed by atoms with Crippen LogP contribution in [0.15, 0.2) is 70.2 Å². The molecular weight excluding hydrogens is 472 g/mol. The highest BCUT2D eigenvalue weighted by atomic mass is 79.9. The highest BCUT2D eigenvalue weighted by molar-refractivity contribution is 9.10. The minimum Gasteiger partial charge on any atom is -0.493 e. The van der Waals surface area contributed by atoms with E-state index in [1.165, 1.54) is 6.21 Å². The number of halogens is 1. The van der Waals surface area contributed by atoms with Crippen molar-refractivity contribution in [3.8, 4) is 17.2 Å². The molecule has 3 aromatic carbocycles. The van der Waals surface area contributed by atoms with Crippen LogP contribution in [-0.4, -0.2) is 25.8 Å². The molecule has 0 aliphatic heterocycles. The Labute approximate surface area is 196 Å². The fraction of sp³-hybridized carbons (Fsp3) is 0.200. The summed E-state index contributed by atoms with van der Waals surface area (Å²) in [5.74, 6) is 1.49. The van der Waals surface area contributed by atoms with Crippen molar-refractivity contribution in [2.75, 3.05) is 13.7 Å². The van der Waals surface area contributed by atoms with Crippen LogP contribution in [0.2, 0.25) is 0 Å². The van der Waals surface area contributed by atoms with Crippen molar-refractivity contribution in [2.24, 2.45) is 5.10 Å². The highest BCUT2D eigenvalue weighted by Crippen LogP contribution is 2.36. The third kappa shape index (κ3) is 6.59. The first-order chi connectivity index (χ1) is 15.5. The minimum absolute atomic E-state index is 0.124. The van der Waals surface area contributed by atoms with Gasteiger partial charge >= 0.3 is 0 Å². The van der Waals surface area contributed by atoms with Gasteiger partial charge in [-0.3, -0.25) is 4.79 Å². The number of hydrazone groups is 1. The second-order valence-corrected chi connectivity index (χ2v) is 8.01. The molecule has 1 N–H and O–H groups in total. The van der Waals surface area contributed by atoms with Crippen molar-refractivity contribution in [3.63, 3.8) is 0 Å². The lowest BCUT2D eigenvalue weighted by Crippen LogP contribution is -2.24. The Kier molecular flexibility index (Phi) is 8.27. The van der Waals surface area contributed by atoms with Crippen LogP contribution in [0.1, 0.15) is 22.3 Å². The van der Waals surface area contributed by atoms with Crippen LogP contribution >= 0.6 is 15.9 Å². The maximum atomic E-state index is 12.1. The molecule has 0 fully saturated rings. The molecule has 32 heavy (non-hydrogen) atoms. The molecule has 0 unspecified atom stereocenters. The van der Waals surface area contributed by atoms with Crippen LogP contribution < -0.4 is 19.6 Å². The zero-order valence-electron chi connectivity index (χ0n) is 18.2. The SMILES string of the molecule is COc1cc(/C=N/NC(=O)COc2cc(C)ccc2C)cc(Br)c1OCc1ccccc1. The van der Waals surface area contributed by atoms with Gasteiger partial charge in [0.2, 0.25) is 0 Å². The van der Waals surface area contributed by atoms with E-state index < -0.39 is 0 Å². The normalized spacial score (nSPS) is 10.8. The average Bonchev–Trinajstić information content (AvgIpc) is 2.79. The predicted molar refractivity (Wildman–Crippen MR) is 129 cm³/mol. The monoisotopic (exact) mass is 496 g/mol. The van der Waals surface area contributed by atoms with Crippen molar-refractivity contribution < 1.29 is 19.0 Å². The van der Waals surface area contributed by atoms with Gasteiger partial charge in [-0.2, -0.15) is 5.10 Å². The van der Waals surface area contributed by atoms with E-state index in [-0.39, 0.29) is 12.5 Å². The number of amides is 1. The molecule has 0 aromatic heterocycles. The summed E-state index contributed by atoms with van der Waals surface area (Å²) >= 11 is 3.52. The lowest BCUT2D eigenvalue weighted by molar-refractivity contribution is -0.123. The molecule has 166 valence electrons. The van der Waals surface area contributed by atoms with Crippen LogP contribution in [0.5, 0.6) is 17.2 Å². The van der Waals surface area contributed by atoms with Crippen LogP contribution in [0.25, 0.3) is 0 Å². The molecule has 3 aromatic rings. The molecule has 0 bridgehead atoms. The molecule has 7 heteroatoms. The number of carbonyl (C=O) groups is 1. The number of methoxy groups -OCH3 is 1. The number of nitrogens with zero attached hydrogens (tertiary/aromatic N) is 1. The molecule has 0 atom stereocenters. The van der Waals surface area contributed by atoms with Crippen molar-refractivity contribution in [2.45, 2.75) is 20.5 Å². The Bertz CT molecular complexity index is 1100. The summed E-state index contributed by atoms with van der Waals surface area (Å²) in [4.78, 5) is 12.1. The van der Waals surface area contributed by atoms with Crippen molar-refractivity contribution >= 4 is 28.1 Å². The highest BCUT2D eigenvalue weighted by Gasteiger charge is 2.12. The largest absolute Gasteiger partial charge is 0.493 e. The van der Waals surface area contributed by atoms with Gasteiger partial charge in [-0.15, -0.1) is 0 Å². The first-order valence-corrected chi connectivity index (χ1v) is 10.8. The number of aryl methyl sites for hydroxylation is 2. The number of hydrogen-bond donors (Lipinski definition) is 1. The number of rotatable bonds is 9. The molecule has 3 rings (SSSR count). The molecule has 0 aliphatic carbocycles. The van der Waals surface area contributed by atoms with Crippen LogP contribution in [0.4, 0.5) is 0 Å². The standard InChI is InChI=1S/C25H25BrN2O4/c1-17-9-10-18(2)22(11-17)31-16-24(29)28-27-14-20-12-21(26)25(23(13-20)30-3)32-15-19-7-5-4-6-8-19/h4-14H,15-16H2,1-3H3,(H,28,29)/b27-14+. The van der Waals surface area contributed by atoms with Gasteiger partial charge in [0, 0.05) is 0 Å².